The minimum absolute atomic E-state index is 0.509. The maximum atomic E-state index is 6.81. The van der Waals surface area contributed by atoms with Crippen molar-refractivity contribution in [2.75, 3.05) is 11.1 Å². The van der Waals surface area contributed by atoms with Crippen LogP contribution < -0.4 is 16.2 Å². The molecule has 0 radical (unpaired) electrons. The standard InChI is InChI=1S/C38H34N2Si/c1-41(2,3)30-21-18-28(19-22-30)40-29-20-23-33-34(24-29)38(26-12-6-4-7-13-26,27-14-8-5-9-15-27)35-25-36(39)31-16-10-11-17-32(31)37(33)35/h4-25,40H,39H2,1-3H3. The molecule has 0 amide bonds. The van der Waals surface area contributed by atoms with Crippen LogP contribution in [0.3, 0.4) is 0 Å². The van der Waals surface area contributed by atoms with Gasteiger partial charge in [-0.2, -0.15) is 0 Å². The van der Waals surface area contributed by atoms with Crippen molar-refractivity contribution in [3.05, 3.63) is 156 Å². The molecule has 1 aliphatic carbocycles. The molecule has 0 bridgehead atoms. The molecular weight excluding hydrogens is 513 g/mol. The molecule has 0 aliphatic heterocycles. The van der Waals surface area contributed by atoms with E-state index in [0.717, 1.165) is 22.4 Å². The minimum Gasteiger partial charge on any atom is -0.398 e. The summed E-state index contributed by atoms with van der Waals surface area (Å²) in [4.78, 5) is 0. The summed E-state index contributed by atoms with van der Waals surface area (Å²) in [7, 11) is -1.36. The molecule has 3 heteroatoms. The van der Waals surface area contributed by atoms with Gasteiger partial charge in [-0.15, -0.1) is 0 Å². The Bertz CT molecular complexity index is 1850. The first-order valence-corrected chi connectivity index (χ1v) is 17.8. The van der Waals surface area contributed by atoms with Crippen molar-refractivity contribution < 1.29 is 0 Å². The number of anilines is 3. The molecule has 0 saturated carbocycles. The normalized spacial score (nSPS) is 13.5. The van der Waals surface area contributed by atoms with E-state index >= 15 is 0 Å². The van der Waals surface area contributed by atoms with Gasteiger partial charge in [0.05, 0.1) is 13.5 Å². The number of nitrogens with one attached hydrogen (secondary N) is 1. The number of rotatable bonds is 5. The summed E-state index contributed by atoms with van der Waals surface area (Å²) in [5, 5.41) is 7.47. The highest BCUT2D eigenvalue weighted by atomic mass is 28.3. The van der Waals surface area contributed by atoms with Gasteiger partial charge in [0.2, 0.25) is 0 Å². The van der Waals surface area contributed by atoms with Crippen molar-refractivity contribution in [2.45, 2.75) is 25.1 Å². The van der Waals surface area contributed by atoms with Crippen LogP contribution in [0.2, 0.25) is 19.6 Å². The third-order valence-corrected chi connectivity index (χ3v) is 10.7. The molecule has 0 heterocycles. The smallest absolute Gasteiger partial charge is 0.0775 e. The Balaban J connectivity index is 1.51. The van der Waals surface area contributed by atoms with Crippen molar-refractivity contribution in [3.63, 3.8) is 0 Å². The van der Waals surface area contributed by atoms with Crippen LogP contribution in [-0.4, -0.2) is 8.07 Å². The lowest BCUT2D eigenvalue weighted by Crippen LogP contribution is -2.37. The van der Waals surface area contributed by atoms with Crippen molar-refractivity contribution in [2.24, 2.45) is 0 Å². The number of hydrogen-bond acceptors (Lipinski definition) is 2. The summed E-state index contributed by atoms with van der Waals surface area (Å²) in [5.41, 5.74) is 16.8. The average Bonchev–Trinajstić information content (AvgIpc) is 3.28. The third kappa shape index (κ3) is 4.00. The largest absolute Gasteiger partial charge is 0.398 e. The maximum Gasteiger partial charge on any atom is 0.0775 e. The molecule has 1 aliphatic rings. The van der Waals surface area contributed by atoms with Gasteiger partial charge in [0.15, 0.2) is 0 Å². The lowest BCUT2D eigenvalue weighted by molar-refractivity contribution is 0.770. The fraction of sp³-hybridized carbons (Fsp3) is 0.105. The van der Waals surface area contributed by atoms with Gasteiger partial charge in [-0.05, 0) is 69.1 Å². The molecule has 200 valence electrons. The first-order chi connectivity index (χ1) is 19.9. The first-order valence-electron chi connectivity index (χ1n) is 14.3. The topological polar surface area (TPSA) is 38.0 Å². The van der Waals surface area contributed by atoms with E-state index in [1.54, 1.807) is 0 Å². The summed E-state index contributed by atoms with van der Waals surface area (Å²) >= 11 is 0. The minimum atomic E-state index is -1.36. The summed E-state index contributed by atoms with van der Waals surface area (Å²) in [5.74, 6) is 0. The second-order valence-electron chi connectivity index (χ2n) is 12.1. The Labute approximate surface area is 243 Å². The Hall–Kier alpha value is -4.60. The third-order valence-electron chi connectivity index (χ3n) is 8.63. The molecular formula is C38H34N2Si. The molecule has 0 fully saturated rings. The van der Waals surface area contributed by atoms with Crippen molar-refractivity contribution in [1.29, 1.82) is 0 Å². The maximum absolute atomic E-state index is 6.81. The molecule has 6 aromatic rings. The zero-order valence-corrected chi connectivity index (χ0v) is 24.8. The fourth-order valence-electron chi connectivity index (χ4n) is 6.67. The van der Waals surface area contributed by atoms with Gasteiger partial charge in [0.25, 0.3) is 0 Å². The predicted molar refractivity (Wildman–Crippen MR) is 178 cm³/mol. The summed E-state index contributed by atoms with van der Waals surface area (Å²) in [6.07, 6.45) is 0. The van der Waals surface area contributed by atoms with Gasteiger partial charge >= 0.3 is 0 Å². The van der Waals surface area contributed by atoms with E-state index in [1.807, 2.05) is 0 Å². The number of nitrogens with two attached hydrogens (primary N) is 1. The number of benzene rings is 6. The van der Waals surface area contributed by atoms with Crippen LogP contribution in [0.5, 0.6) is 0 Å². The quantitative estimate of drug-likeness (QED) is 0.167. The lowest BCUT2D eigenvalue weighted by atomic mass is 9.67. The van der Waals surface area contributed by atoms with Crippen LogP contribution in [-0.2, 0) is 5.41 Å². The molecule has 0 saturated heterocycles. The van der Waals surface area contributed by atoms with E-state index in [0.29, 0.717) is 0 Å². The van der Waals surface area contributed by atoms with Crippen molar-refractivity contribution in [1.82, 2.24) is 0 Å². The van der Waals surface area contributed by atoms with Gasteiger partial charge in [-0.1, -0.05) is 128 Å². The second kappa shape index (κ2) is 9.50. The van der Waals surface area contributed by atoms with E-state index in [2.05, 4.69) is 158 Å². The van der Waals surface area contributed by atoms with Crippen LogP contribution in [0, 0.1) is 0 Å². The summed E-state index contributed by atoms with van der Waals surface area (Å²) in [6.45, 7) is 7.16. The van der Waals surface area contributed by atoms with Crippen molar-refractivity contribution >= 4 is 41.1 Å². The van der Waals surface area contributed by atoms with Crippen LogP contribution in [0.4, 0.5) is 17.1 Å². The summed E-state index contributed by atoms with van der Waals surface area (Å²) < 4.78 is 0. The summed E-state index contributed by atoms with van der Waals surface area (Å²) in [6, 6.07) is 48.4. The zero-order valence-electron chi connectivity index (χ0n) is 23.8. The zero-order chi connectivity index (χ0) is 28.2. The molecule has 7 rings (SSSR count). The highest BCUT2D eigenvalue weighted by molar-refractivity contribution is 6.88. The Morgan fingerprint density at radius 1 is 0.561 bits per heavy atom. The second-order valence-corrected chi connectivity index (χ2v) is 17.2. The molecule has 0 atom stereocenters. The Kier molecular flexibility index (Phi) is 5.88. The van der Waals surface area contributed by atoms with Crippen LogP contribution in [0.25, 0.3) is 21.9 Å². The fourth-order valence-corrected chi connectivity index (χ4v) is 7.84. The molecule has 0 spiro atoms. The monoisotopic (exact) mass is 546 g/mol. The number of fused-ring (bicyclic) bond motifs is 5. The van der Waals surface area contributed by atoms with Gasteiger partial charge in [0.1, 0.15) is 0 Å². The van der Waals surface area contributed by atoms with E-state index in [9.17, 15) is 0 Å². The molecule has 0 aromatic heterocycles. The highest BCUT2D eigenvalue weighted by Crippen LogP contribution is 2.59. The van der Waals surface area contributed by atoms with Gasteiger partial charge < -0.3 is 11.1 Å². The Morgan fingerprint density at radius 2 is 1.12 bits per heavy atom. The van der Waals surface area contributed by atoms with Crippen LogP contribution >= 0.6 is 0 Å². The van der Waals surface area contributed by atoms with E-state index in [4.69, 9.17) is 5.73 Å². The highest BCUT2D eigenvalue weighted by Gasteiger charge is 2.47. The van der Waals surface area contributed by atoms with Gasteiger partial charge in [-0.3, -0.25) is 0 Å². The van der Waals surface area contributed by atoms with Crippen LogP contribution in [0.1, 0.15) is 22.3 Å². The SMILES string of the molecule is C[Si](C)(C)c1ccc(Nc2ccc3c(c2)C(c2ccccc2)(c2ccccc2)c2cc(N)c4ccccc4c2-3)cc1. The predicted octanol–water partition coefficient (Wildman–Crippen LogP) is 9.07. The first kappa shape index (κ1) is 25.4. The van der Waals surface area contributed by atoms with E-state index in [-0.39, 0.29) is 0 Å². The molecule has 41 heavy (non-hydrogen) atoms. The van der Waals surface area contributed by atoms with Crippen LogP contribution in [0.15, 0.2) is 133 Å². The lowest BCUT2D eigenvalue weighted by Gasteiger charge is -2.34. The van der Waals surface area contributed by atoms with Crippen molar-refractivity contribution in [3.8, 4) is 11.1 Å². The molecule has 3 N–H and O–H groups in total. The Morgan fingerprint density at radius 3 is 1.73 bits per heavy atom. The average molecular weight is 547 g/mol. The molecule has 0 unspecified atom stereocenters. The molecule has 2 nitrogen and oxygen atoms in total. The van der Waals surface area contributed by atoms with Gasteiger partial charge in [0, 0.05) is 22.4 Å². The number of nitrogen functional groups attached to an aromatic ring is 1. The van der Waals surface area contributed by atoms with Gasteiger partial charge in [-0.25, -0.2) is 0 Å². The molecule has 6 aromatic carbocycles. The van der Waals surface area contributed by atoms with E-state index in [1.165, 1.54) is 44.0 Å². The van der Waals surface area contributed by atoms with E-state index < -0.39 is 13.5 Å². The number of hydrogen-bond donors (Lipinski definition) is 2.